The van der Waals surface area contributed by atoms with E-state index in [1.807, 2.05) is 11.0 Å². The summed E-state index contributed by atoms with van der Waals surface area (Å²) in [5, 5.41) is 0. The molecule has 2 rings (SSSR count). The van der Waals surface area contributed by atoms with Crippen molar-refractivity contribution in [3.8, 4) is 0 Å². The topological polar surface area (TPSA) is 71.2 Å². The third-order valence-electron chi connectivity index (χ3n) is 4.16. The minimum atomic E-state index is 0.0882. The first-order valence-corrected chi connectivity index (χ1v) is 7.83. The Morgan fingerprint density at radius 1 is 1.43 bits per heavy atom. The first-order chi connectivity index (χ1) is 10.0. The van der Waals surface area contributed by atoms with Gasteiger partial charge >= 0.3 is 0 Å². The van der Waals surface area contributed by atoms with Crippen molar-refractivity contribution >= 4 is 11.7 Å². The second kappa shape index (κ2) is 6.89. The van der Waals surface area contributed by atoms with Gasteiger partial charge in [-0.25, -0.2) is 10.8 Å². The molecule has 1 aliphatic rings. The summed E-state index contributed by atoms with van der Waals surface area (Å²) in [6.45, 7) is 7.25. The maximum absolute atomic E-state index is 12.8. The van der Waals surface area contributed by atoms with Crippen molar-refractivity contribution in [1.82, 2.24) is 9.88 Å². The number of anilines is 1. The van der Waals surface area contributed by atoms with Gasteiger partial charge in [-0.05, 0) is 44.2 Å². The number of nitrogens with two attached hydrogens (primary N) is 1. The molecule has 5 nitrogen and oxygen atoms in total. The Bertz CT molecular complexity index is 503. The molecule has 1 aliphatic heterocycles. The van der Waals surface area contributed by atoms with E-state index < -0.39 is 0 Å². The number of nitrogens with zero attached hydrogens (tertiary/aromatic N) is 2. The fourth-order valence-corrected chi connectivity index (χ4v) is 2.91. The van der Waals surface area contributed by atoms with Crippen molar-refractivity contribution < 1.29 is 4.79 Å². The van der Waals surface area contributed by atoms with Crippen LogP contribution < -0.4 is 11.3 Å². The number of hydrogen-bond donors (Lipinski definition) is 2. The lowest BCUT2D eigenvalue weighted by atomic mass is 9.94. The number of hydrazine groups is 1. The summed E-state index contributed by atoms with van der Waals surface area (Å²) in [6.07, 6.45) is 4.10. The Balaban J connectivity index is 2.26. The van der Waals surface area contributed by atoms with Crippen LogP contribution in [0, 0.1) is 5.92 Å². The van der Waals surface area contributed by atoms with E-state index in [0.29, 0.717) is 23.3 Å². The molecule has 0 bridgehead atoms. The molecule has 0 aromatic carbocycles. The number of likely N-dealkylation sites (tertiary alicyclic amines) is 1. The van der Waals surface area contributed by atoms with Crippen molar-refractivity contribution in [1.29, 1.82) is 0 Å². The summed E-state index contributed by atoms with van der Waals surface area (Å²) in [5.74, 6) is 6.68. The van der Waals surface area contributed by atoms with Gasteiger partial charge in [0.05, 0.1) is 0 Å². The van der Waals surface area contributed by atoms with Crippen LogP contribution in [0.5, 0.6) is 0 Å². The minimum Gasteiger partial charge on any atom is -0.336 e. The molecule has 0 radical (unpaired) electrons. The monoisotopic (exact) mass is 290 g/mol. The van der Waals surface area contributed by atoms with Crippen LogP contribution in [0.15, 0.2) is 12.1 Å². The molecule has 2 heterocycles. The Morgan fingerprint density at radius 3 is 2.86 bits per heavy atom. The van der Waals surface area contributed by atoms with Crippen LogP contribution in [-0.4, -0.2) is 28.4 Å². The fraction of sp³-hybridized carbons (Fsp3) is 0.625. The average molecular weight is 290 g/mol. The lowest BCUT2D eigenvalue weighted by Gasteiger charge is -2.37. The van der Waals surface area contributed by atoms with Gasteiger partial charge in [0.2, 0.25) is 0 Å². The van der Waals surface area contributed by atoms with E-state index >= 15 is 0 Å². The second-order valence-electron chi connectivity index (χ2n) is 6.12. The summed E-state index contributed by atoms with van der Waals surface area (Å²) in [4.78, 5) is 19.2. The molecule has 116 valence electrons. The van der Waals surface area contributed by atoms with Crippen LogP contribution >= 0.6 is 0 Å². The summed E-state index contributed by atoms with van der Waals surface area (Å²) in [5.41, 5.74) is 4.16. The molecule has 2 unspecified atom stereocenters. The Morgan fingerprint density at radius 2 is 2.19 bits per heavy atom. The van der Waals surface area contributed by atoms with E-state index in [9.17, 15) is 4.79 Å². The number of piperidine rings is 1. The van der Waals surface area contributed by atoms with E-state index in [0.717, 1.165) is 31.5 Å². The highest BCUT2D eigenvalue weighted by atomic mass is 16.2. The zero-order chi connectivity index (χ0) is 15.4. The zero-order valence-electron chi connectivity index (χ0n) is 13.2. The number of carbonyl (C=O) groups is 1. The van der Waals surface area contributed by atoms with Crippen LogP contribution in [0.1, 0.15) is 56.1 Å². The molecule has 3 N–H and O–H groups in total. The quantitative estimate of drug-likeness (QED) is 0.660. The molecule has 21 heavy (non-hydrogen) atoms. The number of aromatic nitrogens is 1. The molecule has 1 fully saturated rings. The summed E-state index contributed by atoms with van der Waals surface area (Å²) < 4.78 is 0. The summed E-state index contributed by atoms with van der Waals surface area (Å²) in [7, 11) is 0. The van der Waals surface area contributed by atoms with Crippen molar-refractivity contribution in [2.45, 2.75) is 52.5 Å². The SMILES string of the molecule is CCCc1cc(C(=O)N2CC(C)CCC2C)cc(NN)n1. The number of pyridine rings is 1. The Labute approximate surface area is 126 Å². The summed E-state index contributed by atoms with van der Waals surface area (Å²) >= 11 is 0. The van der Waals surface area contributed by atoms with Crippen molar-refractivity contribution in [2.24, 2.45) is 11.8 Å². The van der Waals surface area contributed by atoms with E-state index in [2.05, 4.69) is 31.2 Å². The number of aryl methyl sites for hydroxylation is 1. The predicted octanol–water partition coefficient (Wildman–Crippen LogP) is 2.58. The first kappa shape index (κ1) is 15.8. The highest BCUT2D eigenvalue weighted by Gasteiger charge is 2.28. The third-order valence-corrected chi connectivity index (χ3v) is 4.16. The second-order valence-corrected chi connectivity index (χ2v) is 6.12. The van der Waals surface area contributed by atoms with Gasteiger partial charge in [-0.2, -0.15) is 0 Å². The highest BCUT2D eigenvalue weighted by Crippen LogP contribution is 2.24. The maximum Gasteiger partial charge on any atom is 0.254 e. The van der Waals surface area contributed by atoms with E-state index in [-0.39, 0.29) is 5.91 Å². The molecule has 1 aromatic rings. The van der Waals surface area contributed by atoms with Gasteiger partial charge in [0.1, 0.15) is 5.82 Å². The molecule has 1 saturated heterocycles. The predicted molar refractivity (Wildman–Crippen MR) is 84.9 cm³/mol. The third kappa shape index (κ3) is 3.73. The first-order valence-electron chi connectivity index (χ1n) is 7.83. The van der Waals surface area contributed by atoms with Gasteiger partial charge in [0, 0.05) is 23.8 Å². The largest absolute Gasteiger partial charge is 0.336 e. The standard InChI is InChI=1S/C16H26N4O/c1-4-5-14-8-13(9-15(18-14)19-17)16(21)20-10-11(2)6-7-12(20)3/h8-9,11-12H,4-7,10,17H2,1-3H3,(H,18,19). The number of carbonyl (C=O) groups excluding carboxylic acids is 1. The van der Waals surface area contributed by atoms with E-state index in [4.69, 9.17) is 5.84 Å². The lowest BCUT2D eigenvalue weighted by Crippen LogP contribution is -2.45. The molecule has 2 atom stereocenters. The number of nitrogen functional groups attached to an aromatic ring is 1. The van der Waals surface area contributed by atoms with Gasteiger partial charge in [0.25, 0.3) is 5.91 Å². The molecular weight excluding hydrogens is 264 g/mol. The number of amides is 1. The van der Waals surface area contributed by atoms with Crippen LogP contribution in [0.3, 0.4) is 0 Å². The molecule has 0 aliphatic carbocycles. The van der Waals surface area contributed by atoms with Gasteiger partial charge in [-0.1, -0.05) is 20.3 Å². The van der Waals surface area contributed by atoms with Gasteiger partial charge < -0.3 is 10.3 Å². The molecule has 0 saturated carbocycles. The Hall–Kier alpha value is -1.62. The molecule has 5 heteroatoms. The number of rotatable bonds is 4. The smallest absolute Gasteiger partial charge is 0.254 e. The van der Waals surface area contributed by atoms with Gasteiger partial charge in [-0.3, -0.25) is 4.79 Å². The van der Waals surface area contributed by atoms with Crippen LogP contribution in [0.4, 0.5) is 5.82 Å². The minimum absolute atomic E-state index is 0.0882. The van der Waals surface area contributed by atoms with Crippen molar-refractivity contribution in [3.63, 3.8) is 0 Å². The zero-order valence-corrected chi connectivity index (χ0v) is 13.2. The molecule has 1 aromatic heterocycles. The molecule has 0 spiro atoms. The number of nitrogens with one attached hydrogen (secondary N) is 1. The van der Waals surface area contributed by atoms with Crippen LogP contribution in [0.25, 0.3) is 0 Å². The van der Waals surface area contributed by atoms with E-state index in [1.54, 1.807) is 6.07 Å². The number of hydrogen-bond acceptors (Lipinski definition) is 4. The van der Waals surface area contributed by atoms with Crippen LogP contribution in [0.2, 0.25) is 0 Å². The average Bonchev–Trinajstić information content (AvgIpc) is 2.49. The lowest BCUT2D eigenvalue weighted by molar-refractivity contribution is 0.0574. The summed E-state index contributed by atoms with van der Waals surface area (Å²) in [6, 6.07) is 3.94. The van der Waals surface area contributed by atoms with Crippen molar-refractivity contribution in [3.05, 3.63) is 23.4 Å². The normalized spacial score (nSPS) is 22.2. The maximum atomic E-state index is 12.8. The fourth-order valence-electron chi connectivity index (χ4n) is 2.91. The van der Waals surface area contributed by atoms with E-state index in [1.165, 1.54) is 6.42 Å². The van der Waals surface area contributed by atoms with Gasteiger partial charge in [0.15, 0.2) is 0 Å². The molecule has 1 amide bonds. The van der Waals surface area contributed by atoms with Crippen molar-refractivity contribution in [2.75, 3.05) is 12.0 Å². The highest BCUT2D eigenvalue weighted by molar-refractivity contribution is 5.95. The van der Waals surface area contributed by atoms with Crippen LogP contribution in [-0.2, 0) is 6.42 Å². The van der Waals surface area contributed by atoms with Gasteiger partial charge in [-0.15, -0.1) is 0 Å². The molecular formula is C16H26N4O. The Kier molecular flexibility index (Phi) is 5.17.